The van der Waals surface area contributed by atoms with Gasteiger partial charge >= 0.3 is 11.9 Å². The molecule has 2 aromatic carbocycles. The number of nitro groups is 1. The van der Waals surface area contributed by atoms with E-state index in [-0.39, 0.29) is 23.6 Å². The lowest BCUT2D eigenvalue weighted by Crippen LogP contribution is -2.22. The van der Waals surface area contributed by atoms with E-state index in [2.05, 4.69) is 4.99 Å². The van der Waals surface area contributed by atoms with Gasteiger partial charge in [-0.3, -0.25) is 19.7 Å². The number of carbonyl (C=O) groups excluding carboxylic acids is 3. The molecular formula is C22H19N3O7S. The lowest BCUT2D eigenvalue weighted by Gasteiger charge is -2.04. The first-order valence-corrected chi connectivity index (χ1v) is 10.5. The largest absolute Gasteiger partial charge is 0.468 e. The summed E-state index contributed by atoms with van der Waals surface area (Å²) in [6.07, 6.45) is 2.70. The fourth-order valence-electron chi connectivity index (χ4n) is 2.85. The maximum atomic E-state index is 12.4. The van der Waals surface area contributed by atoms with Gasteiger partial charge in [0.1, 0.15) is 6.54 Å². The molecule has 1 amide bonds. The molecule has 0 bridgehead atoms. The van der Waals surface area contributed by atoms with Crippen LogP contribution in [0.15, 0.2) is 53.5 Å². The molecule has 0 fully saturated rings. The van der Waals surface area contributed by atoms with Gasteiger partial charge in [0.25, 0.3) is 11.6 Å². The third kappa shape index (κ3) is 5.77. The maximum absolute atomic E-state index is 12.4. The van der Waals surface area contributed by atoms with Gasteiger partial charge in [-0.05, 0) is 48.9 Å². The van der Waals surface area contributed by atoms with Crippen molar-refractivity contribution in [2.45, 2.75) is 13.5 Å². The van der Waals surface area contributed by atoms with Crippen LogP contribution in [0.3, 0.4) is 0 Å². The summed E-state index contributed by atoms with van der Waals surface area (Å²) >= 11 is 1.13. The van der Waals surface area contributed by atoms with E-state index in [4.69, 9.17) is 9.47 Å². The van der Waals surface area contributed by atoms with Gasteiger partial charge in [-0.2, -0.15) is 4.99 Å². The highest BCUT2D eigenvalue weighted by Gasteiger charge is 2.14. The number of non-ortho nitro benzene ring substituents is 1. The van der Waals surface area contributed by atoms with Crippen LogP contribution in [0.1, 0.15) is 22.8 Å². The number of esters is 2. The smallest absolute Gasteiger partial charge is 0.338 e. The van der Waals surface area contributed by atoms with Crippen LogP contribution in [0.4, 0.5) is 5.69 Å². The predicted molar refractivity (Wildman–Crippen MR) is 120 cm³/mol. The number of nitrogens with zero attached hydrogens (tertiary/aromatic N) is 3. The Bertz CT molecular complexity index is 1320. The number of amides is 1. The van der Waals surface area contributed by atoms with Crippen LogP contribution >= 0.6 is 11.3 Å². The Kier molecular flexibility index (Phi) is 7.46. The van der Waals surface area contributed by atoms with Crippen LogP contribution in [-0.2, 0) is 25.6 Å². The highest BCUT2D eigenvalue weighted by Crippen LogP contribution is 2.20. The third-order valence-electron chi connectivity index (χ3n) is 4.44. The number of hydrogen-bond acceptors (Lipinski definition) is 8. The fraction of sp³-hybridized carbons (Fsp3) is 0.182. The first-order valence-electron chi connectivity index (χ1n) is 9.71. The van der Waals surface area contributed by atoms with Gasteiger partial charge in [0.15, 0.2) is 4.80 Å². The minimum Gasteiger partial charge on any atom is -0.468 e. The third-order valence-corrected chi connectivity index (χ3v) is 5.48. The molecule has 11 heteroatoms. The predicted octanol–water partition coefficient (Wildman–Crippen LogP) is 3.10. The number of fused-ring (bicyclic) bond motifs is 1. The van der Waals surface area contributed by atoms with Crippen molar-refractivity contribution in [2.75, 3.05) is 13.7 Å². The van der Waals surface area contributed by atoms with E-state index in [0.717, 1.165) is 11.3 Å². The van der Waals surface area contributed by atoms with Crippen molar-refractivity contribution in [1.29, 1.82) is 0 Å². The fourth-order valence-corrected chi connectivity index (χ4v) is 3.93. The Morgan fingerprint density at radius 1 is 1.18 bits per heavy atom. The molecule has 3 rings (SSSR count). The van der Waals surface area contributed by atoms with Gasteiger partial charge in [-0.25, -0.2) is 4.79 Å². The van der Waals surface area contributed by atoms with Crippen molar-refractivity contribution in [3.8, 4) is 0 Å². The molecule has 0 unspecified atom stereocenters. The molecule has 0 radical (unpaired) electrons. The van der Waals surface area contributed by atoms with Crippen molar-refractivity contribution < 1.29 is 28.8 Å². The monoisotopic (exact) mass is 469 g/mol. The summed E-state index contributed by atoms with van der Waals surface area (Å²) in [6, 6.07) is 10.5. The molecule has 3 aromatic rings. The van der Waals surface area contributed by atoms with Crippen LogP contribution in [0.25, 0.3) is 16.3 Å². The zero-order valence-electron chi connectivity index (χ0n) is 17.7. The summed E-state index contributed by atoms with van der Waals surface area (Å²) in [4.78, 5) is 50.9. The lowest BCUT2D eigenvalue weighted by atomic mass is 10.2. The molecule has 1 aromatic heterocycles. The lowest BCUT2D eigenvalue weighted by molar-refractivity contribution is -0.384. The summed E-state index contributed by atoms with van der Waals surface area (Å²) < 4.78 is 11.9. The van der Waals surface area contributed by atoms with Crippen molar-refractivity contribution in [3.05, 3.63) is 74.6 Å². The molecule has 33 heavy (non-hydrogen) atoms. The van der Waals surface area contributed by atoms with E-state index in [9.17, 15) is 24.5 Å². The molecule has 0 saturated carbocycles. The first-order chi connectivity index (χ1) is 15.8. The molecule has 170 valence electrons. The molecule has 1 heterocycles. The number of hydrogen-bond donors (Lipinski definition) is 0. The highest BCUT2D eigenvalue weighted by molar-refractivity contribution is 7.16. The number of thiazole rings is 1. The quantitative estimate of drug-likeness (QED) is 0.225. The van der Waals surface area contributed by atoms with Gasteiger partial charge in [0.2, 0.25) is 0 Å². The minimum atomic E-state index is -0.593. The first kappa shape index (κ1) is 23.5. The van der Waals surface area contributed by atoms with Crippen LogP contribution in [0, 0.1) is 10.1 Å². The Balaban J connectivity index is 1.96. The van der Waals surface area contributed by atoms with E-state index in [1.165, 1.54) is 48.1 Å². The summed E-state index contributed by atoms with van der Waals surface area (Å²) in [6.45, 7) is 1.77. The zero-order chi connectivity index (χ0) is 24.0. The number of aromatic nitrogens is 1. The van der Waals surface area contributed by atoms with Crippen LogP contribution < -0.4 is 4.80 Å². The van der Waals surface area contributed by atoms with E-state index in [1.54, 1.807) is 25.1 Å². The second-order valence-electron chi connectivity index (χ2n) is 6.58. The van der Waals surface area contributed by atoms with Gasteiger partial charge < -0.3 is 14.0 Å². The zero-order valence-corrected chi connectivity index (χ0v) is 18.5. The standard InChI is InChI=1S/C22H19N3O7S/c1-3-32-21(28)15-7-10-17-18(12-15)33-22(24(17)13-20(27)31-2)23-19(26)11-6-14-4-8-16(9-5-14)25(29)30/h4-12H,3,13H2,1-2H3. The second kappa shape index (κ2) is 10.5. The molecule has 10 nitrogen and oxygen atoms in total. The topological polar surface area (TPSA) is 130 Å². The van der Waals surface area contributed by atoms with Crippen molar-refractivity contribution in [1.82, 2.24) is 4.57 Å². The molecule has 0 aliphatic heterocycles. The second-order valence-corrected chi connectivity index (χ2v) is 7.59. The Morgan fingerprint density at radius 3 is 2.55 bits per heavy atom. The summed E-state index contributed by atoms with van der Waals surface area (Å²) in [7, 11) is 1.26. The Labute approximate surface area is 191 Å². The van der Waals surface area contributed by atoms with Crippen LogP contribution in [0.2, 0.25) is 0 Å². The normalized spacial score (nSPS) is 11.6. The summed E-state index contributed by atoms with van der Waals surface area (Å²) in [5.74, 6) is -1.60. The molecule has 0 spiro atoms. The number of benzene rings is 2. The van der Waals surface area contributed by atoms with Crippen molar-refractivity contribution in [2.24, 2.45) is 4.99 Å². The van der Waals surface area contributed by atoms with E-state index in [0.29, 0.717) is 21.3 Å². The van der Waals surface area contributed by atoms with Gasteiger partial charge in [-0.1, -0.05) is 11.3 Å². The van der Waals surface area contributed by atoms with E-state index < -0.39 is 22.8 Å². The average Bonchev–Trinajstić information content (AvgIpc) is 3.13. The van der Waals surface area contributed by atoms with Crippen molar-refractivity contribution in [3.63, 3.8) is 0 Å². The van der Waals surface area contributed by atoms with E-state index in [1.807, 2.05) is 0 Å². The SMILES string of the molecule is CCOC(=O)c1ccc2c(c1)sc(=NC(=O)C=Cc1ccc([N+](=O)[O-])cc1)n2CC(=O)OC. The van der Waals surface area contributed by atoms with Gasteiger partial charge in [0, 0.05) is 18.2 Å². The molecular weight excluding hydrogens is 450 g/mol. The Hall–Kier alpha value is -4.12. The van der Waals surface area contributed by atoms with Gasteiger partial charge in [0.05, 0.1) is 34.4 Å². The van der Waals surface area contributed by atoms with Crippen molar-refractivity contribution >= 4 is 51.2 Å². The number of ether oxygens (including phenoxy) is 2. The van der Waals surface area contributed by atoms with E-state index >= 15 is 0 Å². The number of carbonyl (C=O) groups is 3. The number of methoxy groups -OCH3 is 1. The molecule has 0 N–H and O–H groups in total. The molecule has 0 aliphatic rings. The summed E-state index contributed by atoms with van der Waals surface area (Å²) in [5.41, 5.74) is 1.47. The van der Waals surface area contributed by atoms with Crippen LogP contribution in [-0.4, -0.2) is 41.1 Å². The molecule has 0 atom stereocenters. The Morgan fingerprint density at radius 2 is 1.91 bits per heavy atom. The molecule has 0 aliphatic carbocycles. The average molecular weight is 469 g/mol. The summed E-state index contributed by atoms with van der Waals surface area (Å²) in [5, 5.41) is 10.7. The number of rotatable bonds is 7. The highest BCUT2D eigenvalue weighted by atomic mass is 32.1. The maximum Gasteiger partial charge on any atom is 0.338 e. The van der Waals surface area contributed by atoms with Crippen LogP contribution in [0.5, 0.6) is 0 Å². The number of nitro benzene ring substituents is 1. The minimum absolute atomic E-state index is 0.0560. The molecule has 0 saturated heterocycles. The van der Waals surface area contributed by atoms with Gasteiger partial charge in [-0.15, -0.1) is 0 Å².